The molecule has 0 saturated heterocycles. The van der Waals surface area contributed by atoms with Crippen LogP contribution in [0.4, 0.5) is 0 Å². The van der Waals surface area contributed by atoms with Gasteiger partial charge in [0.25, 0.3) is 0 Å². The highest BCUT2D eigenvalue weighted by molar-refractivity contribution is 9.10. The molecule has 6 heteroatoms. The zero-order chi connectivity index (χ0) is 13.9. The van der Waals surface area contributed by atoms with Crippen molar-refractivity contribution in [2.45, 2.75) is 6.04 Å². The molecule has 0 radical (unpaired) electrons. The summed E-state index contributed by atoms with van der Waals surface area (Å²) in [7, 11) is 0. The quantitative estimate of drug-likeness (QED) is 0.801. The Labute approximate surface area is 124 Å². The molecule has 100 valence electrons. The maximum absolute atomic E-state index is 6.27. The molecule has 1 aromatic carbocycles. The fourth-order valence-corrected chi connectivity index (χ4v) is 2.18. The van der Waals surface area contributed by atoms with E-state index in [-0.39, 0.29) is 6.04 Å². The molecule has 3 aromatic rings. The number of aromatic nitrogens is 4. The van der Waals surface area contributed by atoms with E-state index in [9.17, 15) is 0 Å². The fraction of sp³-hybridized carbons (Fsp3) is 0.0714. The molecule has 1 atom stereocenters. The molecule has 2 heterocycles. The minimum Gasteiger partial charge on any atom is -0.318 e. The number of nitrogens with two attached hydrogens (primary N) is 1. The summed E-state index contributed by atoms with van der Waals surface area (Å²) in [5.41, 5.74) is 8.76. The lowest BCUT2D eigenvalue weighted by molar-refractivity contribution is 0.707. The smallest absolute Gasteiger partial charge is 0.0918 e. The van der Waals surface area contributed by atoms with Crippen LogP contribution in [-0.4, -0.2) is 20.0 Å². The Morgan fingerprint density at radius 1 is 1.05 bits per heavy atom. The summed E-state index contributed by atoms with van der Waals surface area (Å²) in [5, 5.41) is 8.06. The van der Waals surface area contributed by atoms with Crippen LogP contribution in [0.3, 0.4) is 0 Å². The molecule has 0 spiro atoms. The van der Waals surface area contributed by atoms with E-state index >= 15 is 0 Å². The summed E-state index contributed by atoms with van der Waals surface area (Å²) in [6, 6.07) is 13.2. The Hall–Kier alpha value is -2.05. The van der Waals surface area contributed by atoms with E-state index in [1.54, 1.807) is 17.1 Å². The van der Waals surface area contributed by atoms with E-state index < -0.39 is 0 Å². The van der Waals surface area contributed by atoms with Crippen molar-refractivity contribution in [2.24, 2.45) is 5.73 Å². The van der Waals surface area contributed by atoms with Crippen LogP contribution in [0.25, 0.3) is 5.69 Å². The highest BCUT2D eigenvalue weighted by atomic mass is 79.9. The average Bonchev–Trinajstić information content (AvgIpc) is 2.97. The van der Waals surface area contributed by atoms with Crippen LogP contribution in [0, 0.1) is 0 Å². The van der Waals surface area contributed by atoms with E-state index in [0.717, 1.165) is 21.5 Å². The van der Waals surface area contributed by atoms with Crippen LogP contribution in [-0.2, 0) is 0 Å². The van der Waals surface area contributed by atoms with Crippen LogP contribution in [0.15, 0.2) is 59.3 Å². The highest BCUT2D eigenvalue weighted by Crippen LogP contribution is 2.20. The van der Waals surface area contributed by atoms with Gasteiger partial charge in [-0.25, -0.2) is 4.68 Å². The summed E-state index contributed by atoms with van der Waals surface area (Å²) >= 11 is 3.36. The molecule has 0 saturated carbocycles. The van der Waals surface area contributed by atoms with Crippen LogP contribution in [0.2, 0.25) is 0 Å². The van der Waals surface area contributed by atoms with Gasteiger partial charge in [-0.2, -0.15) is 0 Å². The van der Waals surface area contributed by atoms with Crippen molar-refractivity contribution < 1.29 is 0 Å². The number of hydrogen-bond acceptors (Lipinski definition) is 4. The van der Waals surface area contributed by atoms with Crippen molar-refractivity contribution >= 4 is 15.9 Å². The van der Waals surface area contributed by atoms with Crippen molar-refractivity contribution in [3.05, 3.63) is 70.7 Å². The SMILES string of the molecule is NC(c1ccc(Br)cn1)c1cnnn1-c1ccccc1. The van der Waals surface area contributed by atoms with Gasteiger partial charge in [0.15, 0.2) is 0 Å². The number of nitrogens with zero attached hydrogens (tertiary/aromatic N) is 4. The van der Waals surface area contributed by atoms with E-state index in [2.05, 4.69) is 31.2 Å². The van der Waals surface area contributed by atoms with Crippen LogP contribution in [0.5, 0.6) is 0 Å². The van der Waals surface area contributed by atoms with Crippen LogP contribution in [0.1, 0.15) is 17.4 Å². The first-order chi connectivity index (χ1) is 9.75. The lowest BCUT2D eigenvalue weighted by Crippen LogP contribution is -2.17. The largest absolute Gasteiger partial charge is 0.318 e. The minimum atomic E-state index is -0.377. The minimum absolute atomic E-state index is 0.377. The Morgan fingerprint density at radius 3 is 2.55 bits per heavy atom. The van der Waals surface area contributed by atoms with Crippen molar-refractivity contribution in [3.63, 3.8) is 0 Å². The third-order valence-electron chi connectivity index (χ3n) is 2.96. The first kappa shape index (κ1) is 13.0. The summed E-state index contributed by atoms with van der Waals surface area (Å²) in [5.74, 6) is 0. The summed E-state index contributed by atoms with van der Waals surface area (Å²) in [6.07, 6.45) is 3.40. The normalized spacial score (nSPS) is 12.3. The van der Waals surface area contributed by atoms with Gasteiger partial charge in [-0.1, -0.05) is 23.4 Å². The maximum atomic E-state index is 6.27. The molecule has 0 aliphatic heterocycles. The molecule has 5 nitrogen and oxygen atoms in total. The summed E-state index contributed by atoms with van der Waals surface area (Å²) in [4.78, 5) is 4.33. The van der Waals surface area contributed by atoms with Crippen molar-refractivity contribution in [3.8, 4) is 5.69 Å². The van der Waals surface area contributed by atoms with E-state index in [4.69, 9.17) is 5.73 Å². The lowest BCUT2D eigenvalue weighted by Gasteiger charge is -2.12. The second-order valence-electron chi connectivity index (χ2n) is 4.29. The Balaban J connectivity index is 1.99. The first-order valence-corrected chi connectivity index (χ1v) is 6.88. The molecule has 2 N–H and O–H groups in total. The average molecular weight is 330 g/mol. The number of hydrogen-bond donors (Lipinski definition) is 1. The predicted molar refractivity (Wildman–Crippen MR) is 79.3 cm³/mol. The second kappa shape index (κ2) is 5.52. The van der Waals surface area contributed by atoms with E-state index in [1.807, 2.05) is 42.5 Å². The second-order valence-corrected chi connectivity index (χ2v) is 5.20. The van der Waals surface area contributed by atoms with Gasteiger partial charge in [0.1, 0.15) is 0 Å². The molecular formula is C14H12BrN5. The molecule has 0 bridgehead atoms. The number of rotatable bonds is 3. The van der Waals surface area contributed by atoms with Crippen LogP contribution < -0.4 is 5.73 Å². The molecule has 0 aliphatic rings. The highest BCUT2D eigenvalue weighted by Gasteiger charge is 2.17. The third-order valence-corrected chi connectivity index (χ3v) is 3.43. The number of para-hydroxylation sites is 1. The Kier molecular flexibility index (Phi) is 3.58. The number of pyridine rings is 1. The predicted octanol–water partition coefficient (Wildman–Crippen LogP) is 2.47. The van der Waals surface area contributed by atoms with Gasteiger partial charge in [0.05, 0.1) is 29.3 Å². The summed E-state index contributed by atoms with van der Waals surface area (Å²) < 4.78 is 2.65. The lowest BCUT2D eigenvalue weighted by atomic mass is 10.1. The zero-order valence-corrected chi connectivity index (χ0v) is 12.1. The molecule has 1 unspecified atom stereocenters. The molecule has 2 aromatic heterocycles. The number of benzene rings is 1. The zero-order valence-electron chi connectivity index (χ0n) is 10.5. The van der Waals surface area contributed by atoms with Crippen molar-refractivity contribution in [1.29, 1.82) is 0 Å². The molecule has 0 amide bonds. The topological polar surface area (TPSA) is 69.6 Å². The molecule has 0 aliphatic carbocycles. The van der Waals surface area contributed by atoms with Crippen molar-refractivity contribution in [2.75, 3.05) is 0 Å². The maximum Gasteiger partial charge on any atom is 0.0918 e. The Morgan fingerprint density at radius 2 is 1.85 bits per heavy atom. The van der Waals surface area contributed by atoms with E-state index in [0.29, 0.717) is 0 Å². The standard InChI is InChI=1S/C14H12BrN5/c15-10-6-7-12(17-8-10)14(16)13-9-18-19-20(13)11-4-2-1-3-5-11/h1-9,14H,16H2. The van der Waals surface area contributed by atoms with Gasteiger partial charge in [-0.3, -0.25) is 4.98 Å². The van der Waals surface area contributed by atoms with Gasteiger partial charge in [-0.15, -0.1) is 5.10 Å². The Bertz CT molecular complexity index is 693. The van der Waals surface area contributed by atoms with Crippen molar-refractivity contribution in [1.82, 2.24) is 20.0 Å². The first-order valence-electron chi connectivity index (χ1n) is 6.09. The van der Waals surface area contributed by atoms with Gasteiger partial charge in [-0.05, 0) is 40.2 Å². The summed E-state index contributed by atoms with van der Waals surface area (Å²) in [6.45, 7) is 0. The fourth-order valence-electron chi connectivity index (χ4n) is 1.95. The van der Waals surface area contributed by atoms with Gasteiger partial charge >= 0.3 is 0 Å². The number of halogens is 1. The van der Waals surface area contributed by atoms with Gasteiger partial charge in [0.2, 0.25) is 0 Å². The van der Waals surface area contributed by atoms with E-state index in [1.165, 1.54) is 0 Å². The molecule has 20 heavy (non-hydrogen) atoms. The molecule has 0 fully saturated rings. The van der Waals surface area contributed by atoms with Gasteiger partial charge < -0.3 is 5.73 Å². The van der Waals surface area contributed by atoms with Gasteiger partial charge in [0, 0.05) is 10.7 Å². The third kappa shape index (κ3) is 2.48. The van der Waals surface area contributed by atoms with Crippen LogP contribution >= 0.6 is 15.9 Å². The molecular weight excluding hydrogens is 318 g/mol. The monoisotopic (exact) mass is 329 g/mol. The molecule has 3 rings (SSSR count).